The summed E-state index contributed by atoms with van der Waals surface area (Å²) in [7, 11) is 0. The van der Waals surface area contributed by atoms with Crippen LogP contribution in [-0.2, 0) is 35.8 Å². The first-order valence-corrected chi connectivity index (χ1v) is 10.3. The van der Waals surface area contributed by atoms with Crippen molar-refractivity contribution in [3.05, 3.63) is 50.8 Å². The summed E-state index contributed by atoms with van der Waals surface area (Å²) in [6, 6.07) is 2.40. The fraction of sp³-hybridized carbons (Fsp3) is 0.400. The lowest BCUT2D eigenvalue weighted by Gasteiger charge is -2.15. The third kappa shape index (κ3) is 3.43. The van der Waals surface area contributed by atoms with Crippen molar-refractivity contribution in [3.8, 4) is 0 Å². The minimum absolute atomic E-state index is 0.173. The number of nitrogens with zero attached hydrogens (tertiary/aromatic N) is 5. The van der Waals surface area contributed by atoms with Crippen LogP contribution in [0.2, 0.25) is 0 Å². The van der Waals surface area contributed by atoms with Crippen LogP contribution >= 0.6 is 0 Å². The van der Waals surface area contributed by atoms with Crippen molar-refractivity contribution in [3.63, 3.8) is 0 Å². The Balaban J connectivity index is 1.72. The quantitative estimate of drug-likeness (QED) is 0.401. The summed E-state index contributed by atoms with van der Waals surface area (Å²) in [6.07, 6.45) is 2.94. The molecule has 4 amide bonds. The molecule has 0 saturated carbocycles. The summed E-state index contributed by atoms with van der Waals surface area (Å²) in [5.74, 6) is -1.39. The number of aryl methyl sites for hydroxylation is 2. The summed E-state index contributed by atoms with van der Waals surface area (Å²) >= 11 is 0. The predicted octanol–water partition coefficient (Wildman–Crippen LogP) is 0.790. The fourth-order valence-corrected chi connectivity index (χ4v) is 3.73. The zero-order valence-corrected chi connectivity index (χ0v) is 17.7. The lowest BCUT2D eigenvalue weighted by atomic mass is 10.3. The van der Waals surface area contributed by atoms with Crippen LogP contribution < -0.4 is 11.2 Å². The molecular weight excluding hydrogens is 420 g/mol. The molecule has 3 aromatic rings. The Hall–Kier alpha value is -3.96. The summed E-state index contributed by atoms with van der Waals surface area (Å²) in [5.41, 5.74) is -0.817. The van der Waals surface area contributed by atoms with Crippen molar-refractivity contribution in [2.24, 2.45) is 0 Å². The van der Waals surface area contributed by atoms with E-state index in [1.807, 2.05) is 6.92 Å². The van der Waals surface area contributed by atoms with Gasteiger partial charge in [-0.15, -0.1) is 0 Å². The molecule has 1 N–H and O–H groups in total. The first-order valence-electron chi connectivity index (χ1n) is 10.3. The van der Waals surface area contributed by atoms with Crippen molar-refractivity contribution >= 4 is 29.0 Å². The van der Waals surface area contributed by atoms with Gasteiger partial charge in [0.2, 0.25) is 0 Å². The van der Waals surface area contributed by atoms with Crippen LogP contribution in [0.5, 0.6) is 0 Å². The monoisotopic (exact) mass is 442 g/mol. The summed E-state index contributed by atoms with van der Waals surface area (Å²) in [5, 5.41) is 0. The van der Waals surface area contributed by atoms with Crippen molar-refractivity contribution < 1.29 is 18.8 Å². The van der Waals surface area contributed by atoms with Gasteiger partial charge in [-0.1, -0.05) is 13.3 Å². The highest BCUT2D eigenvalue weighted by Gasteiger charge is 2.45. The fourth-order valence-electron chi connectivity index (χ4n) is 3.73. The summed E-state index contributed by atoms with van der Waals surface area (Å²) in [4.78, 5) is 70.9. The predicted molar refractivity (Wildman–Crippen MR) is 110 cm³/mol. The number of carbonyl (C=O) groups excluding carboxylic acids is 3. The molecule has 12 heteroatoms. The molecule has 0 unspecified atom stereocenters. The SMILES string of the molecule is CCCCn1c(=O)[nH]c(=O)c2c1nc(CN1C(=O)C(=O)N(Cc3ccco3)C1=O)n2CC. The number of aromatic nitrogens is 4. The minimum atomic E-state index is -0.992. The van der Waals surface area contributed by atoms with Crippen LogP contribution in [0.15, 0.2) is 32.4 Å². The van der Waals surface area contributed by atoms with Crippen LogP contribution in [0.3, 0.4) is 0 Å². The molecule has 12 nitrogen and oxygen atoms in total. The number of aromatic amines is 1. The van der Waals surface area contributed by atoms with Crippen molar-refractivity contribution in [2.45, 2.75) is 52.9 Å². The lowest BCUT2D eigenvalue weighted by Crippen LogP contribution is -2.33. The van der Waals surface area contributed by atoms with Gasteiger partial charge >= 0.3 is 23.5 Å². The van der Waals surface area contributed by atoms with Gasteiger partial charge in [0.25, 0.3) is 5.56 Å². The van der Waals surface area contributed by atoms with Crippen LogP contribution in [0.4, 0.5) is 4.79 Å². The van der Waals surface area contributed by atoms with E-state index in [0.717, 1.165) is 16.2 Å². The van der Waals surface area contributed by atoms with E-state index in [1.54, 1.807) is 19.1 Å². The first-order chi connectivity index (χ1) is 15.4. The molecule has 1 aliphatic heterocycles. The number of imide groups is 2. The van der Waals surface area contributed by atoms with E-state index in [-0.39, 0.29) is 30.1 Å². The Kier molecular flexibility index (Phi) is 5.51. The van der Waals surface area contributed by atoms with E-state index >= 15 is 0 Å². The number of amides is 4. The third-order valence-electron chi connectivity index (χ3n) is 5.34. The molecular formula is C20H22N6O6. The van der Waals surface area contributed by atoms with E-state index in [1.165, 1.54) is 15.4 Å². The van der Waals surface area contributed by atoms with E-state index in [0.29, 0.717) is 25.3 Å². The molecule has 1 saturated heterocycles. The molecule has 0 spiro atoms. The summed E-state index contributed by atoms with van der Waals surface area (Å²) in [6.45, 7) is 3.92. The van der Waals surface area contributed by atoms with Gasteiger partial charge in [0.05, 0.1) is 19.4 Å². The number of unbranched alkanes of at least 4 members (excludes halogenated alkanes) is 1. The molecule has 1 aliphatic rings. The van der Waals surface area contributed by atoms with E-state index in [9.17, 15) is 24.0 Å². The van der Waals surface area contributed by atoms with E-state index < -0.39 is 29.1 Å². The molecule has 0 bridgehead atoms. The second kappa shape index (κ2) is 8.29. The molecule has 32 heavy (non-hydrogen) atoms. The van der Waals surface area contributed by atoms with Gasteiger partial charge in [-0.2, -0.15) is 0 Å². The average Bonchev–Trinajstić information content (AvgIpc) is 3.45. The highest BCUT2D eigenvalue weighted by molar-refractivity contribution is 6.44. The van der Waals surface area contributed by atoms with Gasteiger partial charge in [-0.05, 0) is 25.5 Å². The highest BCUT2D eigenvalue weighted by atomic mass is 16.3. The Labute approximate surface area is 181 Å². The van der Waals surface area contributed by atoms with Crippen molar-refractivity contribution in [2.75, 3.05) is 0 Å². The summed E-state index contributed by atoms with van der Waals surface area (Å²) < 4.78 is 8.07. The van der Waals surface area contributed by atoms with Crippen molar-refractivity contribution in [1.82, 2.24) is 28.9 Å². The first kappa shape index (κ1) is 21.3. The Morgan fingerprint density at radius 1 is 1.00 bits per heavy atom. The molecule has 3 aromatic heterocycles. The van der Waals surface area contributed by atoms with E-state index in [2.05, 4.69) is 9.97 Å². The number of fused-ring (bicyclic) bond motifs is 1. The number of hydrogen-bond donors (Lipinski definition) is 1. The van der Waals surface area contributed by atoms with Crippen molar-refractivity contribution in [1.29, 1.82) is 0 Å². The number of imidazole rings is 1. The van der Waals surface area contributed by atoms with E-state index in [4.69, 9.17) is 4.42 Å². The van der Waals surface area contributed by atoms with Crippen LogP contribution in [0, 0.1) is 0 Å². The topological polar surface area (TPSA) is 144 Å². The van der Waals surface area contributed by atoms with Gasteiger partial charge in [0.1, 0.15) is 11.6 Å². The second-order valence-corrected chi connectivity index (χ2v) is 7.35. The molecule has 0 aliphatic carbocycles. The largest absolute Gasteiger partial charge is 0.467 e. The van der Waals surface area contributed by atoms with Gasteiger partial charge in [-0.25, -0.2) is 24.4 Å². The molecule has 0 aromatic carbocycles. The highest BCUT2D eigenvalue weighted by Crippen LogP contribution is 2.20. The normalized spacial score (nSPS) is 14.4. The van der Waals surface area contributed by atoms with Gasteiger partial charge in [-0.3, -0.25) is 23.9 Å². The number of nitrogens with one attached hydrogen (secondary N) is 1. The van der Waals surface area contributed by atoms with Gasteiger partial charge in [0, 0.05) is 13.1 Å². The van der Waals surface area contributed by atoms with Gasteiger partial charge < -0.3 is 8.98 Å². The molecule has 168 valence electrons. The Bertz CT molecular complexity index is 1310. The second-order valence-electron chi connectivity index (χ2n) is 7.35. The molecule has 0 radical (unpaired) electrons. The Morgan fingerprint density at radius 3 is 2.34 bits per heavy atom. The average molecular weight is 442 g/mol. The van der Waals surface area contributed by atoms with Crippen LogP contribution in [0.25, 0.3) is 11.2 Å². The molecule has 0 atom stereocenters. The number of H-pyrrole nitrogens is 1. The van der Waals surface area contributed by atoms with Gasteiger partial charge in [0.15, 0.2) is 11.2 Å². The lowest BCUT2D eigenvalue weighted by molar-refractivity contribution is -0.143. The number of carbonyl (C=O) groups is 3. The maximum absolute atomic E-state index is 12.8. The third-order valence-corrected chi connectivity index (χ3v) is 5.34. The zero-order chi connectivity index (χ0) is 23.0. The Morgan fingerprint density at radius 2 is 1.72 bits per heavy atom. The smallest absolute Gasteiger partial charge is 0.335 e. The number of hydrogen-bond acceptors (Lipinski definition) is 7. The van der Waals surface area contributed by atoms with Crippen LogP contribution in [0.1, 0.15) is 38.3 Å². The minimum Gasteiger partial charge on any atom is -0.467 e. The standard InChI is InChI=1S/C20H22N6O6/c1-3-5-8-24-15-14(16(27)22-19(24)30)23(4-2)13(21-15)11-26-18(29)17(28)25(20(26)31)10-12-7-6-9-32-12/h6-7,9H,3-5,8,10-11H2,1-2H3,(H,22,27,30). The zero-order valence-electron chi connectivity index (χ0n) is 17.7. The number of urea groups is 1. The van der Waals surface area contributed by atoms with Crippen LogP contribution in [-0.4, -0.2) is 46.7 Å². The molecule has 1 fully saturated rings. The maximum atomic E-state index is 12.8. The maximum Gasteiger partial charge on any atom is 0.335 e. The molecule has 4 heterocycles. The molecule has 4 rings (SSSR count). The number of rotatable bonds is 8. The number of furan rings is 1.